The highest BCUT2D eigenvalue weighted by molar-refractivity contribution is 7.91. The van der Waals surface area contributed by atoms with E-state index in [-0.39, 0.29) is 12.5 Å². The van der Waals surface area contributed by atoms with Gasteiger partial charge >= 0.3 is 0 Å². The Morgan fingerprint density at radius 3 is 2.89 bits per heavy atom. The molecule has 10 heteroatoms. The summed E-state index contributed by atoms with van der Waals surface area (Å²) in [4.78, 5) is 21.2. The normalized spacial score (nSPS) is 18.1. The fraction of sp³-hybridized carbons (Fsp3) is 0.278. The summed E-state index contributed by atoms with van der Waals surface area (Å²) >= 11 is 2.53. The molecule has 3 aromatic rings. The number of nitrogens with one attached hydrogen (secondary N) is 1. The van der Waals surface area contributed by atoms with Crippen LogP contribution in [-0.4, -0.2) is 41.7 Å². The number of rotatable bonds is 5. The number of hydrogen-bond acceptors (Lipinski definition) is 7. The maximum Gasteiger partial charge on any atom is 0.252 e. The van der Waals surface area contributed by atoms with E-state index in [4.69, 9.17) is 0 Å². The fourth-order valence-electron chi connectivity index (χ4n) is 3.10. The second kappa shape index (κ2) is 8.08. The van der Waals surface area contributed by atoms with Crippen molar-refractivity contribution in [1.82, 2.24) is 14.3 Å². The quantitative estimate of drug-likeness (QED) is 0.665. The van der Waals surface area contributed by atoms with Gasteiger partial charge < -0.3 is 5.32 Å². The van der Waals surface area contributed by atoms with Crippen LogP contribution in [0, 0.1) is 5.92 Å². The summed E-state index contributed by atoms with van der Waals surface area (Å²) in [6.07, 6.45) is 4.72. The minimum Gasteiger partial charge on any atom is -0.302 e. The first kappa shape index (κ1) is 19.2. The van der Waals surface area contributed by atoms with Crippen LogP contribution in [0.4, 0.5) is 5.13 Å². The lowest BCUT2D eigenvalue weighted by molar-refractivity contribution is -0.120. The predicted octanol–water partition coefficient (Wildman–Crippen LogP) is 3.31. The second-order valence-corrected chi connectivity index (χ2v) is 10.4. The monoisotopic (exact) mass is 434 g/mol. The van der Waals surface area contributed by atoms with Gasteiger partial charge in [-0.25, -0.2) is 13.4 Å². The maximum atomic E-state index is 12.7. The van der Waals surface area contributed by atoms with Gasteiger partial charge in [0.25, 0.3) is 10.0 Å². The molecule has 4 rings (SSSR count). The molecular weight excluding hydrogens is 416 g/mol. The third kappa shape index (κ3) is 4.00. The van der Waals surface area contributed by atoms with Gasteiger partial charge in [-0.1, -0.05) is 6.07 Å². The van der Waals surface area contributed by atoms with Gasteiger partial charge in [-0.05, 0) is 36.4 Å². The van der Waals surface area contributed by atoms with Crippen molar-refractivity contribution in [2.45, 2.75) is 17.1 Å². The van der Waals surface area contributed by atoms with E-state index in [0.29, 0.717) is 28.7 Å². The number of carbonyl (C=O) groups excluding carboxylic acids is 1. The molecule has 1 atom stereocenters. The zero-order chi connectivity index (χ0) is 19.6. The highest BCUT2D eigenvalue weighted by Crippen LogP contribution is 2.28. The zero-order valence-corrected chi connectivity index (χ0v) is 17.3. The highest BCUT2D eigenvalue weighted by Gasteiger charge is 2.34. The molecule has 1 N–H and O–H groups in total. The van der Waals surface area contributed by atoms with E-state index in [1.54, 1.807) is 29.9 Å². The minimum atomic E-state index is -3.54. The molecule has 1 unspecified atom stereocenters. The van der Waals surface area contributed by atoms with Gasteiger partial charge in [-0.3, -0.25) is 9.78 Å². The molecule has 0 saturated carbocycles. The fourth-order valence-corrected chi connectivity index (χ4v) is 6.49. The molecule has 1 amide bonds. The van der Waals surface area contributed by atoms with E-state index >= 15 is 0 Å². The average molecular weight is 435 g/mol. The number of anilines is 1. The molecule has 1 saturated heterocycles. The number of hydrogen-bond donors (Lipinski definition) is 1. The molecule has 0 radical (unpaired) electrons. The van der Waals surface area contributed by atoms with E-state index in [0.717, 1.165) is 11.3 Å². The summed E-state index contributed by atoms with van der Waals surface area (Å²) in [6, 6.07) is 7.05. The van der Waals surface area contributed by atoms with Gasteiger partial charge in [0.2, 0.25) is 5.91 Å². The Hall–Kier alpha value is -2.14. The Kier molecular flexibility index (Phi) is 5.54. The number of amides is 1. The highest BCUT2D eigenvalue weighted by atomic mass is 32.2. The number of carbonyl (C=O) groups is 1. The van der Waals surface area contributed by atoms with Crippen molar-refractivity contribution in [3.63, 3.8) is 0 Å². The number of aromatic nitrogens is 2. The lowest BCUT2D eigenvalue weighted by atomic mass is 9.99. The smallest absolute Gasteiger partial charge is 0.252 e. The Bertz CT molecular complexity index is 1050. The summed E-state index contributed by atoms with van der Waals surface area (Å²) in [7, 11) is -3.54. The number of nitrogens with zero attached hydrogens (tertiary/aromatic N) is 3. The number of sulfonamides is 1. The SMILES string of the molecule is O=C(Nc1nc(-c2cccnc2)cs1)C1CCCN(S(=O)(=O)c2cccs2)C1. The van der Waals surface area contributed by atoms with Crippen molar-refractivity contribution in [3.8, 4) is 11.3 Å². The molecule has 1 fully saturated rings. The van der Waals surface area contributed by atoms with Gasteiger partial charge in [-0.15, -0.1) is 22.7 Å². The van der Waals surface area contributed by atoms with Crippen LogP contribution < -0.4 is 5.32 Å². The predicted molar refractivity (Wildman–Crippen MR) is 110 cm³/mol. The van der Waals surface area contributed by atoms with Gasteiger partial charge in [0, 0.05) is 36.4 Å². The Labute approximate surface area is 171 Å². The first-order valence-corrected chi connectivity index (χ1v) is 11.9. The number of piperidine rings is 1. The number of thiophene rings is 1. The molecule has 1 aliphatic heterocycles. The Morgan fingerprint density at radius 1 is 1.25 bits per heavy atom. The summed E-state index contributed by atoms with van der Waals surface area (Å²) < 4.78 is 27.2. The lowest BCUT2D eigenvalue weighted by Gasteiger charge is -2.30. The van der Waals surface area contributed by atoms with Crippen LogP contribution in [-0.2, 0) is 14.8 Å². The Balaban J connectivity index is 1.43. The van der Waals surface area contributed by atoms with Crippen LogP contribution in [0.15, 0.2) is 51.6 Å². The molecule has 146 valence electrons. The maximum absolute atomic E-state index is 12.7. The molecular formula is C18H18N4O3S3. The van der Waals surface area contributed by atoms with Crippen molar-refractivity contribution in [1.29, 1.82) is 0 Å². The molecule has 0 aliphatic carbocycles. The van der Waals surface area contributed by atoms with E-state index in [1.165, 1.54) is 27.0 Å². The molecule has 0 bridgehead atoms. The van der Waals surface area contributed by atoms with Crippen LogP contribution >= 0.6 is 22.7 Å². The summed E-state index contributed by atoms with van der Waals surface area (Å²) in [5, 5.41) is 6.94. The van der Waals surface area contributed by atoms with E-state index in [1.807, 2.05) is 17.5 Å². The molecule has 7 nitrogen and oxygen atoms in total. The van der Waals surface area contributed by atoms with E-state index in [9.17, 15) is 13.2 Å². The Morgan fingerprint density at radius 2 is 2.14 bits per heavy atom. The summed E-state index contributed by atoms with van der Waals surface area (Å²) in [5.74, 6) is -0.590. The molecule has 0 aromatic carbocycles. The average Bonchev–Trinajstić information content (AvgIpc) is 3.41. The lowest BCUT2D eigenvalue weighted by Crippen LogP contribution is -2.43. The van der Waals surface area contributed by atoms with E-state index in [2.05, 4.69) is 15.3 Å². The molecule has 4 heterocycles. The van der Waals surface area contributed by atoms with Crippen molar-refractivity contribution < 1.29 is 13.2 Å². The molecule has 28 heavy (non-hydrogen) atoms. The van der Waals surface area contributed by atoms with E-state index < -0.39 is 15.9 Å². The first-order chi connectivity index (χ1) is 13.5. The topological polar surface area (TPSA) is 92.3 Å². The summed E-state index contributed by atoms with van der Waals surface area (Å²) in [6.45, 7) is 0.624. The van der Waals surface area contributed by atoms with Gasteiger partial charge in [0.1, 0.15) is 4.21 Å². The molecule has 1 aliphatic rings. The third-order valence-corrected chi connectivity index (χ3v) is 8.53. The summed E-state index contributed by atoms with van der Waals surface area (Å²) in [5.41, 5.74) is 1.63. The third-order valence-electron chi connectivity index (χ3n) is 4.54. The first-order valence-electron chi connectivity index (χ1n) is 8.74. The van der Waals surface area contributed by atoms with Crippen molar-refractivity contribution in [3.05, 3.63) is 47.4 Å². The number of thiazole rings is 1. The van der Waals surface area contributed by atoms with Gasteiger partial charge in [0.15, 0.2) is 5.13 Å². The zero-order valence-electron chi connectivity index (χ0n) is 14.8. The molecule has 3 aromatic heterocycles. The van der Waals surface area contributed by atoms with Crippen LogP contribution in [0.2, 0.25) is 0 Å². The van der Waals surface area contributed by atoms with Gasteiger partial charge in [0.05, 0.1) is 11.6 Å². The van der Waals surface area contributed by atoms with Crippen LogP contribution in [0.25, 0.3) is 11.3 Å². The van der Waals surface area contributed by atoms with Crippen molar-refractivity contribution in [2.75, 3.05) is 18.4 Å². The van der Waals surface area contributed by atoms with Crippen LogP contribution in [0.5, 0.6) is 0 Å². The second-order valence-electron chi connectivity index (χ2n) is 6.40. The minimum absolute atomic E-state index is 0.187. The standard InChI is InChI=1S/C18H18N4O3S3/c23-17(21-18-20-15(12-27-18)13-4-1-7-19-10-13)14-5-2-8-22(11-14)28(24,25)16-6-3-9-26-16/h1,3-4,6-7,9-10,12,14H,2,5,8,11H2,(H,20,21,23). The van der Waals surface area contributed by atoms with Crippen LogP contribution in [0.3, 0.4) is 0 Å². The molecule has 0 spiro atoms. The van der Waals surface area contributed by atoms with Crippen molar-refractivity contribution >= 4 is 43.7 Å². The number of pyridine rings is 1. The van der Waals surface area contributed by atoms with Crippen molar-refractivity contribution in [2.24, 2.45) is 5.92 Å². The van der Waals surface area contributed by atoms with Crippen LogP contribution in [0.1, 0.15) is 12.8 Å². The van der Waals surface area contributed by atoms with Gasteiger partial charge in [-0.2, -0.15) is 4.31 Å². The largest absolute Gasteiger partial charge is 0.302 e.